The fourth-order valence-corrected chi connectivity index (χ4v) is 0.262. The minimum absolute atomic E-state index is 0.0787. The second kappa shape index (κ2) is 2.61. The first-order chi connectivity index (χ1) is 3.56. The van der Waals surface area contributed by atoms with Crippen molar-refractivity contribution in [3.63, 3.8) is 0 Å². The molecule has 0 heterocycles. The molecule has 0 fully saturated rings. The Labute approximate surface area is 45.0 Å². The van der Waals surface area contributed by atoms with Crippen LogP contribution in [0.1, 0.15) is 0 Å². The van der Waals surface area contributed by atoms with Crippen LogP contribution in [-0.4, -0.2) is 8.42 Å². The zero-order valence-corrected chi connectivity index (χ0v) is 4.36. The first-order valence-corrected chi connectivity index (χ1v) is 2.75. The van der Waals surface area contributed by atoms with E-state index in [9.17, 15) is 16.7 Å². The third kappa shape index (κ3) is 5.35. The number of hydrogen-bond acceptors (Lipinski definition) is 3. The van der Waals surface area contributed by atoms with Crippen molar-refractivity contribution in [1.82, 2.24) is 0 Å². The zero-order chi connectivity index (χ0) is 6.62. The van der Waals surface area contributed by atoms with Crippen LogP contribution in [0.25, 0.3) is 0 Å². The van der Waals surface area contributed by atoms with Crippen molar-refractivity contribution in [2.75, 3.05) is 0 Å². The van der Waals surface area contributed by atoms with E-state index in [-0.39, 0.29) is 12.6 Å². The van der Waals surface area contributed by atoms with Crippen molar-refractivity contribution in [2.45, 2.75) is 0 Å². The van der Waals surface area contributed by atoms with Crippen LogP contribution in [-0.2, 0) is 14.7 Å². The van der Waals surface area contributed by atoms with E-state index in [4.69, 9.17) is 0 Å². The van der Waals surface area contributed by atoms with E-state index in [0.717, 1.165) is 0 Å². The van der Waals surface area contributed by atoms with E-state index in [1.165, 1.54) is 0 Å². The largest absolute Gasteiger partial charge is 0.488 e. The third-order valence-corrected chi connectivity index (χ3v) is 0.563. The smallest absolute Gasteiger partial charge is 0.364 e. The second-order valence-corrected chi connectivity index (χ2v) is 1.73. The third-order valence-electron chi connectivity index (χ3n) is 0.222. The predicted molar refractivity (Wildman–Crippen MR) is 21.4 cm³/mol. The van der Waals surface area contributed by atoms with E-state index in [0.29, 0.717) is 0 Å². The van der Waals surface area contributed by atoms with E-state index in [2.05, 4.69) is 4.18 Å². The number of rotatable bonds is 2. The van der Waals surface area contributed by atoms with Crippen LogP contribution < -0.4 is 0 Å². The van der Waals surface area contributed by atoms with Crippen LogP contribution in [0.15, 0.2) is 12.6 Å². The molecular formula is C2H2F2O3S. The van der Waals surface area contributed by atoms with Crippen LogP contribution in [0.2, 0.25) is 0 Å². The Kier molecular flexibility index (Phi) is 2.40. The van der Waals surface area contributed by atoms with Gasteiger partial charge >= 0.3 is 10.5 Å². The lowest BCUT2D eigenvalue weighted by Crippen LogP contribution is -1.89. The van der Waals surface area contributed by atoms with Crippen molar-refractivity contribution < 1.29 is 20.9 Å². The highest BCUT2D eigenvalue weighted by Crippen LogP contribution is 1.93. The molecule has 0 aromatic carbocycles. The van der Waals surface area contributed by atoms with E-state index in [1.54, 1.807) is 0 Å². The summed E-state index contributed by atoms with van der Waals surface area (Å²) in [5, 5.41) is 0. The molecule has 48 valence electrons. The standard InChI is InChI=1S/C2H2F2O3S/c3-1-2-7-8(4,5)6/h1-2H. The van der Waals surface area contributed by atoms with Crippen LogP contribution >= 0.6 is 0 Å². The summed E-state index contributed by atoms with van der Waals surface area (Å²) in [5.74, 6) is 0. The Morgan fingerprint density at radius 1 is 1.50 bits per heavy atom. The summed E-state index contributed by atoms with van der Waals surface area (Å²) in [4.78, 5) is 0. The lowest BCUT2D eigenvalue weighted by molar-refractivity contribution is 0.396. The fraction of sp³-hybridized carbons (Fsp3) is 0. The SMILES string of the molecule is O=S(=O)(F)OC=CF. The van der Waals surface area contributed by atoms with Gasteiger partial charge in [0.15, 0.2) is 0 Å². The molecule has 0 aliphatic carbocycles. The van der Waals surface area contributed by atoms with Gasteiger partial charge in [0.2, 0.25) is 0 Å². The molecule has 0 N–H and O–H groups in total. The average Bonchev–Trinajstić information content (AvgIpc) is 1.59. The zero-order valence-electron chi connectivity index (χ0n) is 3.54. The molecule has 0 aromatic heterocycles. The van der Waals surface area contributed by atoms with Gasteiger partial charge in [0, 0.05) is 0 Å². The summed E-state index contributed by atoms with van der Waals surface area (Å²) in [6.07, 6.45) is -0.160. The molecule has 8 heavy (non-hydrogen) atoms. The van der Waals surface area contributed by atoms with Crippen molar-refractivity contribution in [3.8, 4) is 0 Å². The molecule has 0 radical (unpaired) electrons. The van der Waals surface area contributed by atoms with Gasteiger partial charge < -0.3 is 4.18 Å². The van der Waals surface area contributed by atoms with Gasteiger partial charge in [0.1, 0.15) is 12.6 Å². The molecule has 0 aliphatic heterocycles. The molecule has 0 atom stereocenters. The number of hydrogen-bond donors (Lipinski definition) is 0. The first kappa shape index (κ1) is 7.35. The average molecular weight is 144 g/mol. The van der Waals surface area contributed by atoms with Crippen molar-refractivity contribution >= 4 is 10.5 Å². The van der Waals surface area contributed by atoms with Crippen molar-refractivity contribution in [1.29, 1.82) is 0 Å². The Balaban J connectivity index is 3.76. The van der Waals surface area contributed by atoms with E-state index < -0.39 is 10.5 Å². The molecule has 0 saturated carbocycles. The summed E-state index contributed by atoms with van der Waals surface area (Å²) in [6, 6.07) is 0. The van der Waals surface area contributed by atoms with E-state index in [1.807, 2.05) is 0 Å². The topological polar surface area (TPSA) is 43.4 Å². The molecular weight excluding hydrogens is 142 g/mol. The maximum atomic E-state index is 11.1. The number of halogens is 2. The Hall–Kier alpha value is -0.650. The van der Waals surface area contributed by atoms with Gasteiger partial charge in [0.25, 0.3) is 0 Å². The van der Waals surface area contributed by atoms with Crippen molar-refractivity contribution in [3.05, 3.63) is 12.6 Å². The summed E-state index contributed by atoms with van der Waals surface area (Å²) >= 11 is 0. The molecule has 0 spiro atoms. The monoisotopic (exact) mass is 144 g/mol. The highest BCUT2D eigenvalue weighted by atomic mass is 32.3. The predicted octanol–water partition coefficient (Wildman–Crippen LogP) is 0.658. The highest BCUT2D eigenvalue weighted by molar-refractivity contribution is 7.81. The molecule has 0 unspecified atom stereocenters. The van der Waals surface area contributed by atoms with Crippen LogP contribution in [0.4, 0.5) is 8.28 Å². The van der Waals surface area contributed by atoms with Gasteiger partial charge in [-0.1, -0.05) is 3.89 Å². The maximum Gasteiger partial charge on any atom is 0.488 e. The quantitative estimate of drug-likeness (QED) is 0.422. The molecule has 3 nitrogen and oxygen atoms in total. The second-order valence-electron chi connectivity index (χ2n) is 0.751. The van der Waals surface area contributed by atoms with Crippen molar-refractivity contribution in [2.24, 2.45) is 0 Å². The molecule has 0 aliphatic rings. The van der Waals surface area contributed by atoms with Gasteiger partial charge in [-0.3, -0.25) is 0 Å². The van der Waals surface area contributed by atoms with Crippen LogP contribution in [0, 0.1) is 0 Å². The summed E-state index contributed by atoms with van der Waals surface area (Å²) in [7, 11) is -5.01. The normalized spacial score (nSPS) is 12.2. The van der Waals surface area contributed by atoms with Gasteiger partial charge in [-0.15, -0.1) is 0 Å². The lowest BCUT2D eigenvalue weighted by Gasteiger charge is -1.84. The highest BCUT2D eigenvalue weighted by Gasteiger charge is 2.01. The summed E-state index contributed by atoms with van der Waals surface area (Å²) < 4.78 is 43.6. The fourth-order valence-electron chi connectivity index (χ4n) is 0.0874. The van der Waals surface area contributed by atoms with E-state index >= 15 is 0 Å². The molecule has 0 amide bonds. The summed E-state index contributed by atoms with van der Waals surface area (Å²) in [5.41, 5.74) is 0. The first-order valence-electron chi connectivity index (χ1n) is 1.44. The van der Waals surface area contributed by atoms with Gasteiger partial charge in [-0.25, -0.2) is 4.39 Å². The Morgan fingerprint density at radius 2 is 2.00 bits per heavy atom. The molecule has 0 rings (SSSR count). The molecule has 0 bridgehead atoms. The van der Waals surface area contributed by atoms with Crippen LogP contribution in [0.3, 0.4) is 0 Å². The van der Waals surface area contributed by atoms with Gasteiger partial charge in [0.05, 0.1) is 0 Å². The molecule has 0 aromatic rings. The van der Waals surface area contributed by atoms with Gasteiger partial charge in [-0.2, -0.15) is 8.42 Å². The van der Waals surface area contributed by atoms with Crippen LogP contribution in [0.5, 0.6) is 0 Å². The Bertz CT molecular complexity index is 170. The minimum atomic E-state index is -5.01. The van der Waals surface area contributed by atoms with Gasteiger partial charge in [-0.05, 0) is 0 Å². The minimum Gasteiger partial charge on any atom is -0.364 e. The summed E-state index contributed by atoms with van der Waals surface area (Å²) in [6.45, 7) is 0. The Morgan fingerprint density at radius 3 is 2.12 bits per heavy atom. The lowest BCUT2D eigenvalue weighted by atomic mass is 11.1. The maximum absolute atomic E-state index is 11.1. The molecule has 0 saturated heterocycles. The molecule has 6 heteroatoms.